The lowest BCUT2D eigenvalue weighted by molar-refractivity contribution is -0.139. The number of thiazole rings is 1. The number of carbonyl (C=O) groups is 3. The third-order valence-electron chi connectivity index (χ3n) is 4.96. The molecule has 1 atom stereocenters. The van der Waals surface area contributed by atoms with E-state index in [-0.39, 0.29) is 27.9 Å². The minimum atomic E-state index is -1.15. The van der Waals surface area contributed by atoms with Crippen LogP contribution in [0.5, 0.6) is 0 Å². The summed E-state index contributed by atoms with van der Waals surface area (Å²) in [5.74, 6) is -1.90. The van der Waals surface area contributed by atoms with Crippen molar-refractivity contribution >= 4 is 58.0 Å². The van der Waals surface area contributed by atoms with E-state index >= 15 is 0 Å². The van der Waals surface area contributed by atoms with Gasteiger partial charge in [0.05, 0.1) is 26.3 Å². The first-order valence-corrected chi connectivity index (χ1v) is 12.0. The van der Waals surface area contributed by atoms with Crippen LogP contribution < -0.4 is 10.6 Å². The molecule has 0 saturated heterocycles. The summed E-state index contributed by atoms with van der Waals surface area (Å²) in [6.45, 7) is 5.69. The van der Waals surface area contributed by atoms with Gasteiger partial charge in [0.25, 0.3) is 11.8 Å². The van der Waals surface area contributed by atoms with E-state index in [9.17, 15) is 19.5 Å². The van der Waals surface area contributed by atoms with Gasteiger partial charge in [-0.3, -0.25) is 9.59 Å². The van der Waals surface area contributed by atoms with E-state index in [0.29, 0.717) is 21.8 Å². The first kappa shape index (κ1) is 25.7. The highest BCUT2D eigenvalue weighted by molar-refractivity contribution is 7.13. The van der Waals surface area contributed by atoms with E-state index in [1.165, 1.54) is 11.3 Å². The van der Waals surface area contributed by atoms with E-state index in [1.807, 2.05) is 13.8 Å². The maximum atomic E-state index is 12.7. The van der Waals surface area contributed by atoms with Crippen LogP contribution in [0.3, 0.4) is 0 Å². The number of amides is 2. The Morgan fingerprint density at radius 3 is 2.18 bits per heavy atom. The molecule has 34 heavy (non-hydrogen) atoms. The van der Waals surface area contributed by atoms with Crippen LogP contribution in [-0.2, 0) is 11.2 Å². The van der Waals surface area contributed by atoms with Gasteiger partial charge in [-0.15, -0.1) is 11.3 Å². The minimum absolute atomic E-state index is 0.0700. The van der Waals surface area contributed by atoms with Crippen LogP contribution in [0.1, 0.15) is 56.1 Å². The van der Waals surface area contributed by atoms with Crippen LogP contribution in [0.2, 0.25) is 10.0 Å². The second kappa shape index (κ2) is 11.0. The van der Waals surface area contributed by atoms with E-state index in [2.05, 4.69) is 15.6 Å². The number of carbonyl (C=O) groups excluding carboxylic acids is 2. The number of nitrogens with zero attached hydrogens (tertiary/aromatic N) is 1. The SMILES string of the molecule is Cc1nc(C(C)C)sc1C(=O)N[C@@H](Cc1ccc(NC(=O)c2c(Cl)cccc2Cl)cc1)C(=O)O. The Bertz CT molecular complexity index is 1210. The van der Waals surface area contributed by atoms with Crippen molar-refractivity contribution in [3.05, 3.63) is 79.2 Å². The van der Waals surface area contributed by atoms with Crippen LogP contribution in [-0.4, -0.2) is 33.9 Å². The van der Waals surface area contributed by atoms with Crippen molar-refractivity contribution in [3.63, 3.8) is 0 Å². The molecule has 0 aliphatic carbocycles. The highest BCUT2D eigenvalue weighted by Gasteiger charge is 2.24. The van der Waals surface area contributed by atoms with Gasteiger partial charge in [0.1, 0.15) is 10.9 Å². The van der Waals surface area contributed by atoms with Gasteiger partial charge in [-0.2, -0.15) is 0 Å². The third-order valence-corrected chi connectivity index (χ3v) is 7.04. The summed E-state index contributed by atoms with van der Waals surface area (Å²) in [7, 11) is 0. The van der Waals surface area contributed by atoms with Gasteiger partial charge in [0.2, 0.25) is 0 Å². The van der Waals surface area contributed by atoms with Gasteiger partial charge >= 0.3 is 5.97 Å². The first-order chi connectivity index (χ1) is 16.1. The fourth-order valence-corrected chi connectivity index (χ4v) is 4.71. The Hall–Kier alpha value is -2.94. The number of aliphatic carboxylic acids is 1. The molecule has 0 bridgehead atoms. The monoisotopic (exact) mass is 519 g/mol. The number of hydrogen-bond acceptors (Lipinski definition) is 5. The molecule has 10 heteroatoms. The maximum absolute atomic E-state index is 12.7. The summed E-state index contributed by atoms with van der Waals surface area (Å²) >= 11 is 13.4. The lowest BCUT2D eigenvalue weighted by Gasteiger charge is -2.15. The lowest BCUT2D eigenvalue weighted by Crippen LogP contribution is -2.42. The predicted octanol–water partition coefficient (Wildman–Crippen LogP) is 5.56. The lowest BCUT2D eigenvalue weighted by atomic mass is 10.1. The number of nitrogens with one attached hydrogen (secondary N) is 2. The molecule has 0 radical (unpaired) electrons. The molecule has 3 rings (SSSR count). The average Bonchev–Trinajstić information content (AvgIpc) is 3.16. The van der Waals surface area contributed by atoms with E-state index in [1.54, 1.807) is 49.4 Å². The van der Waals surface area contributed by atoms with E-state index in [4.69, 9.17) is 23.2 Å². The van der Waals surface area contributed by atoms with Crippen LogP contribution >= 0.6 is 34.5 Å². The number of benzene rings is 2. The van der Waals surface area contributed by atoms with Gasteiger partial charge < -0.3 is 15.7 Å². The highest BCUT2D eigenvalue weighted by Crippen LogP contribution is 2.26. The fraction of sp³-hybridized carbons (Fsp3) is 0.250. The van der Waals surface area contributed by atoms with Crippen molar-refractivity contribution in [1.82, 2.24) is 10.3 Å². The van der Waals surface area contributed by atoms with Crippen molar-refractivity contribution < 1.29 is 19.5 Å². The van der Waals surface area contributed by atoms with Gasteiger partial charge in [-0.05, 0) is 36.8 Å². The van der Waals surface area contributed by atoms with Crippen LogP contribution in [0.25, 0.3) is 0 Å². The number of carboxylic acids is 1. The van der Waals surface area contributed by atoms with Gasteiger partial charge in [0, 0.05) is 18.0 Å². The van der Waals surface area contributed by atoms with Crippen molar-refractivity contribution in [2.45, 2.75) is 39.2 Å². The second-order valence-corrected chi connectivity index (χ2v) is 9.78. The molecule has 0 aliphatic heterocycles. The molecule has 7 nitrogen and oxygen atoms in total. The molecule has 0 spiro atoms. The van der Waals surface area contributed by atoms with Crippen molar-refractivity contribution in [2.75, 3.05) is 5.32 Å². The number of hydrogen-bond donors (Lipinski definition) is 3. The van der Waals surface area contributed by atoms with E-state index < -0.39 is 23.8 Å². The molecule has 3 aromatic rings. The third kappa shape index (κ3) is 6.14. The average molecular weight is 520 g/mol. The largest absolute Gasteiger partial charge is 0.480 e. The molecular weight excluding hydrogens is 497 g/mol. The van der Waals surface area contributed by atoms with Gasteiger partial charge in [-0.1, -0.05) is 55.2 Å². The number of anilines is 1. The Labute approximate surface area is 211 Å². The van der Waals surface area contributed by atoms with Crippen LogP contribution in [0.15, 0.2) is 42.5 Å². The van der Waals surface area contributed by atoms with E-state index in [0.717, 1.165) is 5.01 Å². The number of carboxylic acid groups (broad SMARTS) is 1. The van der Waals surface area contributed by atoms with Crippen molar-refractivity contribution in [1.29, 1.82) is 0 Å². The first-order valence-electron chi connectivity index (χ1n) is 10.4. The van der Waals surface area contributed by atoms with Crippen molar-refractivity contribution in [2.24, 2.45) is 0 Å². The predicted molar refractivity (Wildman–Crippen MR) is 134 cm³/mol. The zero-order valence-electron chi connectivity index (χ0n) is 18.7. The molecule has 2 aromatic carbocycles. The molecule has 0 aliphatic rings. The summed E-state index contributed by atoms with van der Waals surface area (Å²) in [5, 5.41) is 16.2. The molecule has 3 N–H and O–H groups in total. The second-order valence-electron chi connectivity index (χ2n) is 7.94. The summed E-state index contributed by atoms with van der Waals surface area (Å²) in [6.07, 6.45) is 0.0700. The summed E-state index contributed by atoms with van der Waals surface area (Å²) < 4.78 is 0. The molecule has 0 unspecified atom stereocenters. The number of rotatable bonds is 8. The summed E-state index contributed by atoms with van der Waals surface area (Å²) in [4.78, 5) is 41.8. The Morgan fingerprint density at radius 2 is 1.65 bits per heavy atom. The Balaban J connectivity index is 1.68. The highest BCUT2D eigenvalue weighted by atomic mass is 35.5. The zero-order chi connectivity index (χ0) is 25.0. The number of halogens is 2. The zero-order valence-corrected chi connectivity index (χ0v) is 21.0. The Morgan fingerprint density at radius 1 is 1.03 bits per heavy atom. The maximum Gasteiger partial charge on any atom is 0.326 e. The number of aromatic nitrogens is 1. The molecular formula is C24H23Cl2N3O4S. The standard InChI is InChI=1S/C24H23Cl2N3O4S/c1-12(2)23-27-13(3)20(34-23)22(31)29-18(24(32)33)11-14-7-9-15(10-8-14)28-21(30)19-16(25)5-4-6-17(19)26/h4-10,12,18H,11H2,1-3H3,(H,28,30)(H,29,31)(H,32,33)/t18-/m0/s1. The molecule has 1 heterocycles. The van der Waals surface area contributed by atoms with Crippen LogP contribution in [0.4, 0.5) is 5.69 Å². The molecule has 0 saturated carbocycles. The van der Waals surface area contributed by atoms with Crippen molar-refractivity contribution in [3.8, 4) is 0 Å². The van der Waals surface area contributed by atoms with Gasteiger partial charge in [-0.25, -0.2) is 9.78 Å². The van der Waals surface area contributed by atoms with Crippen LogP contribution in [0, 0.1) is 6.92 Å². The smallest absolute Gasteiger partial charge is 0.326 e. The molecule has 1 aromatic heterocycles. The normalized spacial score (nSPS) is 11.8. The van der Waals surface area contributed by atoms with Gasteiger partial charge in [0.15, 0.2) is 0 Å². The topological polar surface area (TPSA) is 108 Å². The fourth-order valence-electron chi connectivity index (χ4n) is 3.17. The molecule has 2 amide bonds. The summed E-state index contributed by atoms with van der Waals surface area (Å²) in [6, 6.07) is 10.3. The quantitative estimate of drug-likeness (QED) is 0.361. The Kier molecular flexibility index (Phi) is 8.30. The number of aryl methyl sites for hydroxylation is 1. The molecule has 0 fully saturated rings. The molecule has 178 valence electrons. The minimum Gasteiger partial charge on any atom is -0.480 e. The summed E-state index contributed by atoms with van der Waals surface area (Å²) in [5.41, 5.74) is 1.91.